The van der Waals surface area contributed by atoms with Crippen LogP contribution < -0.4 is 10.1 Å². The Kier molecular flexibility index (Phi) is 7.56. The van der Waals surface area contributed by atoms with E-state index in [4.69, 9.17) is 9.47 Å². The maximum absolute atomic E-state index is 11.7. The fraction of sp³-hybridized carbons (Fsp3) is 0.188. The summed E-state index contributed by atoms with van der Waals surface area (Å²) in [6.45, 7) is 6.78. The summed E-state index contributed by atoms with van der Waals surface area (Å²) in [5.41, 5.74) is 0.223. The van der Waals surface area contributed by atoms with Gasteiger partial charge in [0.2, 0.25) is 0 Å². The van der Waals surface area contributed by atoms with Crippen molar-refractivity contribution >= 4 is 23.9 Å². The van der Waals surface area contributed by atoms with Gasteiger partial charge < -0.3 is 18.9 Å². The van der Waals surface area contributed by atoms with Crippen LogP contribution in [0.1, 0.15) is 10.4 Å². The Hall–Kier alpha value is -3.29. The third kappa shape index (κ3) is 5.84. The van der Waals surface area contributed by atoms with Gasteiger partial charge in [-0.25, -0.2) is 14.4 Å². The van der Waals surface area contributed by atoms with Crippen LogP contribution in [-0.4, -0.2) is 38.5 Å². The lowest BCUT2D eigenvalue weighted by Crippen LogP contribution is -2.16. The van der Waals surface area contributed by atoms with Crippen LogP contribution in [0.25, 0.3) is 0 Å². The average molecular weight is 335 g/mol. The van der Waals surface area contributed by atoms with E-state index in [9.17, 15) is 14.4 Å². The van der Waals surface area contributed by atoms with Crippen molar-refractivity contribution < 1.29 is 33.3 Å². The second-order valence-corrected chi connectivity index (χ2v) is 4.17. The number of esters is 1. The number of anilines is 1. The summed E-state index contributed by atoms with van der Waals surface area (Å²) in [6, 6.07) is 4.00. The molecule has 0 fully saturated rings. The standard InChI is InChI=1S/C16H17NO7/c1-4-8-22-15(19)17-11-6-7-12(14(18)21-3)13(10-11)24-16(20)23-9-5-2/h4-7,10H,1-2,8-9H2,3H3,(H,17,19). The molecular weight excluding hydrogens is 318 g/mol. The van der Waals surface area contributed by atoms with E-state index < -0.39 is 18.2 Å². The Balaban J connectivity index is 2.97. The van der Waals surface area contributed by atoms with Crippen molar-refractivity contribution in [3.05, 3.63) is 49.1 Å². The fourth-order valence-electron chi connectivity index (χ4n) is 1.50. The number of hydrogen-bond acceptors (Lipinski definition) is 7. The van der Waals surface area contributed by atoms with Crippen molar-refractivity contribution in [3.8, 4) is 5.75 Å². The number of rotatable bonds is 7. The number of ether oxygens (including phenoxy) is 4. The smallest absolute Gasteiger partial charge is 0.465 e. The van der Waals surface area contributed by atoms with Crippen LogP contribution in [0, 0.1) is 0 Å². The van der Waals surface area contributed by atoms with Crippen LogP contribution in [-0.2, 0) is 14.2 Å². The second-order valence-electron chi connectivity index (χ2n) is 4.17. The first kappa shape index (κ1) is 18.8. The van der Waals surface area contributed by atoms with E-state index in [1.165, 1.54) is 37.5 Å². The number of amides is 1. The highest BCUT2D eigenvalue weighted by Gasteiger charge is 2.18. The highest BCUT2D eigenvalue weighted by molar-refractivity contribution is 5.95. The SMILES string of the molecule is C=CCOC(=O)Nc1ccc(C(=O)OC)c(OC(=O)OCC=C)c1. The van der Waals surface area contributed by atoms with Gasteiger partial charge in [-0.15, -0.1) is 0 Å². The molecule has 0 saturated carbocycles. The summed E-state index contributed by atoms with van der Waals surface area (Å²) in [7, 11) is 1.18. The van der Waals surface area contributed by atoms with E-state index in [2.05, 4.69) is 27.9 Å². The molecule has 0 spiro atoms. The first-order valence-electron chi connectivity index (χ1n) is 6.74. The van der Waals surface area contributed by atoms with Crippen LogP contribution in [0.15, 0.2) is 43.5 Å². The molecule has 0 unspecified atom stereocenters. The topological polar surface area (TPSA) is 100 Å². The Morgan fingerprint density at radius 3 is 2.42 bits per heavy atom. The monoisotopic (exact) mass is 335 g/mol. The molecule has 0 aliphatic rings. The number of nitrogens with one attached hydrogen (secondary N) is 1. The molecule has 0 radical (unpaired) electrons. The molecule has 0 aromatic heterocycles. The van der Waals surface area contributed by atoms with E-state index in [1.54, 1.807) is 0 Å². The maximum atomic E-state index is 11.7. The van der Waals surface area contributed by atoms with Gasteiger partial charge in [0.05, 0.1) is 7.11 Å². The van der Waals surface area contributed by atoms with Gasteiger partial charge in [-0.3, -0.25) is 5.32 Å². The normalized spacial score (nSPS) is 9.38. The lowest BCUT2D eigenvalue weighted by molar-refractivity contribution is 0.0595. The van der Waals surface area contributed by atoms with Crippen LogP contribution in [0.2, 0.25) is 0 Å². The van der Waals surface area contributed by atoms with Gasteiger partial charge in [0.1, 0.15) is 18.8 Å². The third-order valence-electron chi connectivity index (χ3n) is 2.48. The van der Waals surface area contributed by atoms with Crippen molar-refractivity contribution in [2.24, 2.45) is 0 Å². The Morgan fingerprint density at radius 2 is 1.79 bits per heavy atom. The lowest BCUT2D eigenvalue weighted by atomic mass is 10.2. The highest BCUT2D eigenvalue weighted by Crippen LogP contribution is 2.25. The van der Waals surface area contributed by atoms with Crippen molar-refractivity contribution in [1.29, 1.82) is 0 Å². The number of carbonyl (C=O) groups excluding carboxylic acids is 3. The third-order valence-corrected chi connectivity index (χ3v) is 2.48. The van der Waals surface area contributed by atoms with Crippen molar-refractivity contribution in [3.63, 3.8) is 0 Å². The molecule has 1 aromatic carbocycles. The lowest BCUT2D eigenvalue weighted by Gasteiger charge is -2.11. The quantitative estimate of drug-likeness (QED) is 0.354. The highest BCUT2D eigenvalue weighted by atomic mass is 16.7. The molecule has 8 nitrogen and oxygen atoms in total. The molecule has 0 aliphatic carbocycles. The number of carbonyl (C=O) groups is 3. The van der Waals surface area contributed by atoms with Crippen LogP contribution in [0.3, 0.4) is 0 Å². The van der Waals surface area contributed by atoms with Crippen molar-refractivity contribution in [1.82, 2.24) is 0 Å². The Labute approximate surface area is 138 Å². The molecule has 0 atom stereocenters. The number of hydrogen-bond donors (Lipinski definition) is 1. The molecule has 0 aliphatic heterocycles. The first-order valence-corrected chi connectivity index (χ1v) is 6.74. The Bertz CT molecular complexity index is 639. The van der Waals surface area contributed by atoms with Crippen LogP contribution in [0.4, 0.5) is 15.3 Å². The molecule has 1 amide bonds. The largest absolute Gasteiger partial charge is 0.514 e. The minimum absolute atomic E-state index is 0.0157. The number of benzene rings is 1. The van der Waals surface area contributed by atoms with Gasteiger partial charge in [-0.2, -0.15) is 0 Å². The van der Waals surface area contributed by atoms with Gasteiger partial charge in [-0.1, -0.05) is 25.3 Å². The summed E-state index contributed by atoms with van der Waals surface area (Å²) >= 11 is 0. The summed E-state index contributed by atoms with van der Waals surface area (Å²) in [5, 5.41) is 2.41. The van der Waals surface area contributed by atoms with Gasteiger partial charge in [-0.05, 0) is 12.1 Å². The number of methoxy groups -OCH3 is 1. The zero-order valence-electron chi connectivity index (χ0n) is 13.1. The summed E-state index contributed by atoms with van der Waals surface area (Å²) in [6.07, 6.45) is 0.993. The molecule has 128 valence electrons. The minimum Gasteiger partial charge on any atom is -0.465 e. The van der Waals surface area contributed by atoms with E-state index >= 15 is 0 Å². The predicted molar refractivity (Wildman–Crippen MR) is 85.1 cm³/mol. The van der Waals surface area contributed by atoms with E-state index in [-0.39, 0.29) is 30.2 Å². The van der Waals surface area contributed by atoms with E-state index in [0.29, 0.717) is 0 Å². The first-order chi connectivity index (χ1) is 11.5. The fourth-order valence-corrected chi connectivity index (χ4v) is 1.50. The second kappa shape index (κ2) is 9.67. The van der Waals surface area contributed by atoms with Crippen LogP contribution in [0.5, 0.6) is 5.75 Å². The molecule has 0 heterocycles. The average Bonchev–Trinajstić information content (AvgIpc) is 2.57. The zero-order valence-corrected chi connectivity index (χ0v) is 13.1. The Morgan fingerprint density at radius 1 is 1.12 bits per heavy atom. The predicted octanol–water partition coefficient (Wildman–Crippen LogP) is 2.91. The maximum Gasteiger partial charge on any atom is 0.514 e. The molecule has 24 heavy (non-hydrogen) atoms. The van der Waals surface area contributed by atoms with Gasteiger partial charge in [0.25, 0.3) is 0 Å². The van der Waals surface area contributed by atoms with Crippen molar-refractivity contribution in [2.45, 2.75) is 0 Å². The van der Waals surface area contributed by atoms with Gasteiger partial charge in [0, 0.05) is 11.8 Å². The van der Waals surface area contributed by atoms with E-state index in [1.807, 2.05) is 0 Å². The molecule has 1 N–H and O–H groups in total. The summed E-state index contributed by atoms with van der Waals surface area (Å²) in [5.74, 6) is -0.861. The zero-order chi connectivity index (χ0) is 17.9. The van der Waals surface area contributed by atoms with Gasteiger partial charge >= 0.3 is 18.2 Å². The summed E-state index contributed by atoms with van der Waals surface area (Å²) < 4.78 is 19.0. The van der Waals surface area contributed by atoms with Crippen molar-refractivity contribution in [2.75, 3.05) is 25.6 Å². The van der Waals surface area contributed by atoms with Gasteiger partial charge in [0.15, 0.2) is 5.75 Å². The molecule has 0 saturated heterocycles. The molecule has 0 bridgehead atoms. The minimum atomic E-state index is -1.04. The van der Waals surface area contributed by atoms with E-state index in [0.717, 1.165) is 0 Å². The molecule has 1 rings (SSSR count). The molecule has 8 heteroatoms. The molecular formula is C16H17NO7. The van der Waals surface area contributed by atoms with Crippen LogP contribution >= 0.6 is 0 Å². The summed E-state index contributed by atoms with van der Waals surface area (Å²) in [4.78, 5) is 34.8. The molecule has 1 aromatic rings.